The number of nitrogens with one attached hydrogen (secondary N) is 2. The third kappa shape index (κ3) is 8.12. The largest absolute Gasteiger partial charge is 0.405 e. The molecular formula is C18H19F3N2O3S. The van der Waals surface area contributed by atoms with Crippen molar-refractivity contribution >= 4 is 21.6 Å². The number of halogens is 3. The first kappa shape index (κ1) is 20.8. The van der Waals surface area contributed by atoms with E-state index < -0.39 is 28.7 Å². The minimum absolute atomic E-state index is 0.0847. The van der Waals surface area contributed by atoms with Crippen LogP contribution >= 0.6 is 0 Å². The lowest BCUT2D eigenvalue weighted by Crippen LogP contribution is -2.34. The van der Waals surface area contributed by atoms with Crippen molar-refractivity contribution < 1.29 is 26.4 Å². The highest BCUT2D eigenvalue weighted by molar-refractivity contribution is 7.92. The van der Waals surface area contributed by atoms with Crippen molar-refractivity contribution in [3.05, 3.63) is 65.7 Å². The topological polar surface area (TPSA) is 75.3 Å². The monoisotopic (exact) mass is 400 g/mol. The summed E-state index contributed by atoms with van der Waals surface area (Å²) in [6.07, 6.45) is -4.32. The summed E-state index contributed by atoms with van der Waals surface area (Å²) in [5.74, 6) is -0.845. The van der Waals surface area contributed by atoms with E-state index in [1.807, 2.05) is 30.3 Å². The van der Waals surface area contributed by atoms with Crippen LogP contribution in [-0.2, 0) is 27.7 Å². The van der Waals surface area contributed by atoms with Gasteiger partial charge < -0.3 is 5.32 Å². The first-order chi connectivity index (χ1) is 12.6. The lowest BCUT2D eigenvalue weighted by molar-refractivity contribution is -0.138. The number of amides is 1. The molecule has 1 amide bonds. The summed E-state index contributed by atoms with van der Waals surface area (Å²) >= 11 is 0. The minimum atomic E-state index is -4.46. The van der Waals surface area contributed by atoms with Gasteiger partial charge in [-0.25, -0.2) is 8.42 Å². The number of hydrogen-bond acceptors (Lipinski definition) is 3. The van der Waals surface area contributed by atoms with Gasteiger partial charge in [0.05, 0.1) is 12.2 Å². The first-order valence-corrected chi connectivity index (χ1v) is 9.75. The molecule has 0 saturated heterocycles. The van der Waals surface area contributed by atoms with Crippen LogP contribution in [0.3, 0.4) is 0 Å². The van der Waals surface area contributed by atoms with E-state index in [4.69, 9.17) is 0 Å². The Morgan fingerprint density at radius 1 is 0.926 bits per heavy atom. The second-order valence-electron chi connectivity index (χ2n) is 5.92. The third-order valence-electron chi connectivity index (χ3n) is 3.58. The Kier molecular flexibility index (Phi) is 6.84. The highest BCUT2D eigenvalue weighted by Crippen LogP contribution is 2.14. The molecule has 27 heavy (non-hydrogen) atoms. The number of aryl methyl sites for hydroxylation is 1. The molecule has 2 N–H and O–H groups in total. The Bertz CT molecular complexity index is 852. The number of benzene rings is 2. The fourth-order valence-corrected chi connectivity index (χ4v) is 3.37. The van der Waals surface area contributed by atoms with Crippen LogP contribution in [0.4, 0.5) is 18.9 Å². The van der Waals surface area contributed by atoms with Crippen LogP contribution in [0, 0.1) is 0 Å². The molecule has 0 atom stereocenters. The SMILES string of the molecule is O=C(Cc1ccc(NS(=O)(=O)CCc2ccccc2)cc1)NCC(F)(F)F. The Morgan fingerprint density at radius 3 is 2.15 bits per heavy atom. The molecule has 0 radical (unpaired) electrons. The van der Waals surface area contributed by atoms with Gasteiger partial charge in [-0.3, -0.25) is 9.52 Å². The summed E-state index contributed by atoms with van der Waals surface area (Å²) < 4.78 is 62.9. The average molecular weight is 400 g/mol. The molecule has 0 aromatic heterocycles. The van der Waals surface area contributed by atoms with E-state index in [0.717, 1.165) is 5.56 Å². The molecule has 0 heterocycles. The molecule has 0 aliphatic heterocycles. The maximum Gasteiger partial charge on any atom is 0.405 e. The zero-order valence-corrected chi connectivity index (χ0v) is 15.1. The highest BCUT2D eigenvalue weighted by Gasteiger charge is 2.27. The van der Waals surface area contributed by atoms with Crippen molar-refractivity contribution in [3.8, 4) is 0 Å². The molecule has 9 heteroatoms. The van der Waals surface area contributed by atoms with Crippen molar-refractivity contribution in [2.75, 3.05) is 17.0 Å². The van der Waals surface area contributed by atoms with Gasteiger partial charge in [0.2, 0.25) is 15.9 Å². The van der Waals surface area contributed by atoms with Crippen LogP contribution in [0.25, 0.3) is 0 Å². The molecule has 146 valence electrons. The molecule has 2 aromatic rings. The normalized spacial score (nSPS) is 11.8. The highest BCUT2D eigenvalue weighted by atomic mass is 32.2. The maximum atomic E-state index is 12.1. The number of carbonyl (C=O) groups excluding carboxylic acids is 1. The van der Waals surface area contributed by atoms with E-state index in [9.17, 15) is 26.4 Å². The Balaban J connectivity index is 1.86. The van der Waals surface area contributed by atoms with E-state index in [0.29, 0.717) is 17.7 Å². The van der Waals surface area contributed by atoms with Crippen molar-refractivity contribution in [1.82, 2.24) is 5.32 Å². The number of alkyl halides is 3. The van der Waals surface area contributed by atoms with Gasteiger partial charge >= 0.3 is 6.18 Å². The van der Waals surface area contributed by atoms with Crippen molar-refractivity contribution in [2.45, 2.75) is 19.0 Å². The van der Waals surface area contributed by atoms with E-state index in [2.05, 4.69) is 4.72 Å². The molecular weight excluding hydrogens is 381 g/mol. The molecule has 0 aliphatic rings. The van der Waals surface area contributed by atoms with Crippen molar-refractivity contribution in [3.63, 3.8) is 0 Å². The standard InChI is InChI=1S/C18H19F3N2O3S/c19-18(20,21)13-22-17(24)12-15-6-8-16(9-7-15)23-27(25,26)11-10-14-4-2-1-3-5-14/h1-9,23H,10-13H2,(H,22,24). The second kappa shape index (κ2) is 8.90. The predicted molar refractivity (Wildman–Crippen MR) is 96.8 cm³/mol. The summed E-state index contributed by atoms with van der Waals surface area (Å²) in [6.45, 7) is -1.38. The molecule has 2 aromatic carbocycles. The number of carbonyl (C=O) groups is 1. The maximum absolute atomic E-state index is 12.1. The predicted octanol–water partition coefficient (Wildman–Crippen LogP) is 2.89. The summed E-state index contributed by atoms with van der Waals surface area (Å²) in [5, 5.41) is 1.78. The van der Waals surface area contributed by atoms with Crippen molar-refractivity contribution in [2.24, 2.45) is 0 Å². The molecule has 0 spiro atoms. The van der Waals surface area contributed by atoms with Crippen LogP contribution < -0.4 is 10.0 Å². The molecule has 0 saturated carbocycles. The fraction of sp³-hybridized carbons (Fsp3) is 0.278. The quantitative estimate of drug-likeness (QED) is 0.716. The van der Waals surface area contributed by atoms with Gasteiger partial charge in [0.25, 0.3) is 0 Å². The van der Waals surface area contributed by atoms with Crippen LogP contribution in [0.15, 0.2) is 54.6 Å². The third-order valence-corrected chi connectivity index (χ3v) is 4.87. The lowest BCUT2D eigenvalue weighted by atomic mass is 10.1. The van der Waals surface area contributed by atoms with Crippen LogP contribution in [0.5, 0.6) is 0 Å². The summed E-state index contributed by atoms with van der Waals surface area (Å²) in [6, 6.07) is 15.1. The zero-order valence-electron chi connectivity index (χ0n) is 14.3. The number of rotatable bonds is 8. The van der Waals surface area contributed by atoms with Crippen LogP contribution in [-0.4, -0.2) is 32.8 Å². The van der Waals surface area contributed by atoms with Gasteiger partial charge in [-0.05, 0) is 29.7 Å². The number of anilines is 1. The first-order valence-electron chi connectivity index (χ1n) is 8.10. The Hall–Kier alpha value is -2.55. The fourth-order valence-electron chi connectivity index (χ4n) is 2.26. The van der Waals surface area contributed by atoms with Gasteiger partial charge in [0, 0.05) is 5.69 Å². The molecule has 0 bridgehead atoms. The van der Waals surface area contributed by atoms with Gasteiger partial charge in [-0.1, -0.05) is 42.5 Å². The number of sulfonamides is 1. The molecule has 0 unspecified atom stereocenters. The molecule has 0 aliphatic carbocycles. The Labute approximate surface area is 155 Å². The molecule has 2 rings (SSSR count). The zero-order chi connectivity index (χ0) is 19.9. The minimum Gasteiger partial charge on any atom is -0.347 e. The van der Waals surface area contributed by atoms with E-state index in [1.165, 1.54) is 24.3 Å². The second-order valence-corrected chi connectivity index (χ2v) is 7.76. The summed E-state index contributed by atoms with van der Waals surface area (Å²) in [5.41, 5.74) is 1.70. The van der Waals surface area contributed by atoms with Crippen LogP contribution in [0.1, 0.15) is 11.1 Å². The van der Waals surface area contributed by atoms with Gasteiger partial charge in [-0.15, -0.1) is 0 Å². The number of hydrogen-bond donors (Lipinski definition) is 2. The summed E-state index contributed by atoms with van der Waals surface area (Å²) in [4.78, 5) is 11.5. The smallest absolute Gasteiger partial charge is 0.347 e. The van der Waals surface area contributed by atoms with Crippen LogP contribution in [0.2, 0.25) is 0 Å². The lowest BCUT2D eigenvalue weighted by Gasteiger charge is -2.10. The van der Waals surface area contributed by atoms with Gasteiger partial charge in [0.1, 0.15) is 6.54 Å². The van der Waals surface area contributed by atoms with E-state index in [-0.39, 0.29) is 12.2 Å². The molecule has 5 nitrogen and oxygen atoms in total. The van der Waals surface area contributed by atoms with E-state index >= 15 is 0 Å². The van der Waals surface area contributed by atoms with Crippen molar-refractivity contribution in [1.29, 1.82) is 0 Å². The Morgan fingerprint density at radius 2 is 1.56 bits per heavy atom. The van der Waals surface area contributed by atoms with Gasteiger partial charge in [-0.2, -0.15) is 13.2 Å². The van der Waals surface area contributed by atoms with E-state index in [1.54, 1.807) is 5.32 Å². The molecule has 0 fully saturated rings. The summed E-state index contributed by atoms with van der Waals surface area (Å²) in [7, 11) is -3.55. The van der Waals surface area contributed by atoms with Gasteiger partial charge in [0.15, 0.2) is 0 Å². The average Bonchev–Trinajstić information content (AvgIpc) is 2.60.